The van der Waals surface area contributed by atoms with Crippen LogP contribution in [0.3, 0.4) is 0 Å². The highest BCUT2D eigenvalue weighted by molar-refractivity contribution is 6.74. The van der Waals surface area contributed by atoms with Crippen LogP contribution < -0.4 is 10.5 Å². The lowest BCUT2D eigenvalue weighted by Gasteiger charge is -2.39. The molecule has 0 spiro atoms. The van der Waals surface area contributed by atoms with Crippen LogP contribution in [0.15, 0.2) is 67.1 Å². The van der Waals surface area contributed by atoms with Gasteiger partial charge in [-0.1, -0.05) is 69.3 Å². The van der Waals surface area contributed by atoms with Gasteiger partial charge in [0.25, 0.3) is 5.91 Å². The molecule has 1 unspecified atom stereocenters. The van der Waals surface area contributed by atoms with Crippen LogP contribution >= 0.6 is 0 Å². The van der Waals surface area contributed by atoms with Gasteiger partial charge < -0.3 is 19.5 Å². The Kier molecular flexibility index (Phi) is 8.33. The Morgan fingerprint density at radius 1 is 1.09 bits per heavy atom. The van der Waals surface area contributed by atoms with Gasteiger partial charge in [-0.05, 0) is 42.6 Å². The molecule has 6 nitrogen and oxygen atoms in total. The van der Waals surface area contributed by atoms with Crippen molar-refractivity contribution in [3.63, 3.8) is 0 Å². The van der Waals surface area contributed by atoms with Gasteiger partial charge in [0.1, 0.15) is 11.4 Å². The van der Waals surface area contributed by atoms with E-state index in [1.807, 2.05) is 41.0 Å². The quantitative estimate of drug-likeness (QED) is 0.274. The average Bonchev–Trinajstić information content (AvgIpc) is 3.25. The maximum atomic E-state index is 11.4. The van der Waals surface area contributed by atoms with Crippen molar-refractivity contribution in [2.75, 3.05) is 6.61 Å². The molecule has 34 heavy (non-hydrogen) atoms. The monoisotopic (exact) mass is 479 g/mol. The number of aromatic nitrogens is 2. The molecular formula is C27H37N3O3Si. The fourth-order valence-corrected chi connectivity index (χ4v) is 4.92. The second-order valence-corrected chi connectivity index (χ2v) is 14.9. The van der Waals surface area contributed by atoms with Gasteiger partial charge >= 0.3 is 0 Å². The number of imidazole rings is 1. The fourth-order valence-electron chi connectivity index (χ4n) is 3.55. The van der Waals surface area contributed by atoms with Gasteiger partial charge in [-0.2, -0.15) is 0 Å². The Balaban J connectivity index is 1.65. The van der Waals surface area contributed by atoms with Crippen molar-refractivity contribution >= 4 is 14.2 Å². The SMILES string of the molecule is CC(C)(C)[Si](C)(C)OC(CCCOc1ccccc1-c1ccccc1)Cn1cnc(C(N)=O)c1. The minimum absolute atomic E-state index is 0.0104. The number of nitrogens with zero attached hydrogens (tertiary/aromatic N) is 2. The van der Waals surface area contributed by atoms with Crippen molar-refractivity contribution in [2.45, 2.75) is 64.4 Å². The molecule has 2 N–H and O–H groups in total. The first kappa shape index (κ1) is 25.7. The molecule has 2 aromatic carbocycles. The highest BCUT2D eigenvalue weighted by Crippen LogP contribution is 2.38. The third-order valence-electron chi connectivity index (χ3n) is 6.47. The normalized spacial score (nSPS) is 13.0. The minimum atomic E-state index is -1.98. The highest BCUT2D eigenvalue weighted by Gasteiger charge is 2.39. The molecule has 3 rings (SSSR count). The number of ether oxygens (including phenoxy) is 1. The largest absolute Gasteiger partial charge is 0.493 e. The number of hydrogen-bond acceptors (Lipinski definition) is 4. The molecule has 0 bridgehead atoms. The highest BCUT2D eigenvalue weighted by atomic mass is 28.4. The van der Waals surface area contributed by atoms with Crippen LogP contribution in [0.25, 0.3) is 11.1 Å². The second kappa shape index (κ2) is 11.0. The number of amides is 1. The summed E-state index contributed by atoms with van der Waals surface area (Å²) >= 11 is 0. The molecule has 3 aromatic rings. The van der Waals surface area contributed by atoms with Gasteiger partial charge in [0.2, 0.25) is 0 Å². The van der Waals surface area contributed by atoms with Gasteiger partial charge in [-0.15, -0.1) is 0 Å². The Bertz CT molecular complexity index is 1070. The number of para-hydroxylation sites is 1. The van der Waals surface area contributed by atoms with Crippen LogP contribution in [-0.4, -0.2) is 36.5 Å². The molecule has 0 saturated heterocycles. The second-order valence-electron chi connectivity index (χ2n) is 10.2. The maximum Gasteiger partial charge on any atom is 0.268 e. The summed E-state index contributed by atoms with van der Waals surface area (Å²) in [4.78, 5) is 15.5. The van der Waals surface area contributed by atoms with E-state index in [0.29, 0.717) is 13.2 Å². The van der Waals surface area contributed by atoms with Crippen LogP contribution in [-0.2, 0) is 11.0 Å². The number of nitrogens with two attached hydrogens (primary N) is 1. The molecule has 7 heteroatoms. The van der Waals surface area contributed by atoms with Crippen LogP contribution in [0, 0.1) is 0 Å². The fraction of sp³-hybridized carbons (Fsp3) is 0.407. The van der Waals surface area contributed by atoms with Gasteiger partial charge in [-0.3, -0.25) is 4.79 Å². The Morgan fingerprint density at radius 3 is 2.41 bits per heavy atom. The molecule has 182 valence electrons. The molecular weight excluding hydrogens is 442 g/mol. The van der Waals surface area contributed by atoms with Crippen molar-refractivity contribution in [1.82, 2.24) is 9.55 Å². The van der Waals surface area contributed by atoms with Gasteiger partial charge in [0.05, 0.1) is 19.0 Å². The van der Waals surface area contributed by atoms with Crippen LogP contribution in [0.4, 0.5) is 0 Å². The van der Waals surface area contributed by atoms with E-state index in [4.69, 9.17) is 14.9 Å². The van der Waals surface area contributed by atoms with Gasteiger partial charge in [-0.25, -0.2) is 4.98 Å². The number of benzene rings is 2. The number of hydrogen-bond donors (Lipinski definition) is 1. The first-order valence-electron chi connectivity index (χ1n) is 11.8. The molecule has 0 saturated carbocycles. The van der Waals surface area contributed by atoms with Crippen molar-refractivity contribution in [3.05, 3.63) is 72.8 Å². The van der Waals surface area contributed by atoms with E-state index in [9.17, 15) is 4.79 Å². The zero-order valence-electron chi connectivity index (χ0n) is 21.0. The van der Waals surface area contributed by atoms with Crippen LogP contribution in [0.5, 0.6) is 5.75 Å². The predicted molar refractivity (Wildman–Crippen MR) is 139 cm³/mol. The zero-order valence-corrected chi connectivity index (χ0v) is 22.0. The van der Waals surface area contributed by atoms with Crippen LogP contribution in [0.1, 0.15) is 44.1 Å². The van der Waals surface area contributed by atoms with E-state index < -0.39 is 14.2 Å². The molecule has 0 radical (unpaired) electrons. The van der Waals surface area contributed by atoms with Crippen molar-refractivity contribution < 1.29 is 14.0 Å². The molecule has 1 heterocycles. The molecule has 1 atom stereocenters. The van der Waals surface area contributed by atoms with E-state index in [-0.39, 0.29) is 16.8 Å². The Hall–Kier alpha value is -2.90. The van der Waals surface area contributed by atoms with E-state index >= 15 is 0 Å². The summed E-state index contributed by atoms with van der Waals surface area (Å²) < 4.78 is 14.8. The summed E-state index contributed by atoms with van der Waals surface area (Å²) in [6.45, 7) is 12.4. The van der Waals surface area contributed by atoms with Crippen molar-refractivity contribution in [2.24, 2.45) is 5.73 Å². The maximum absolute atomic E-state index is 11.4. The average molecular weight is 480 g/mol. The lowest BCUT2D eigenvalue weighted by atomic mass is 10.1. The smallest absolute Gasteiger partial charge is 0.268 e. The number of rotatable bonds is 11. The van der Waals surface area contributed by atoms with E-state index in [2.05, 4.69) is 57.0 Å². The Morgan fingerprint density at radius 2 is 1.76 bits per heavy atom. The van der Waals surface area contributed by atoms with E-state index in [1.54, 1.807) is 12.5 Å². The van der Waals surface area contributed by atoms with Gasteiger partial charge in [0, 0.05) is 18.3 Å². The number of carbonyl (C=O) groups is 1. The number of primary amides is 1. The molecule has 0 aliphatic rings. The molecule has 1 aromatic heterocycles. The van der Waals surface area contributed by atoms with E-state index in [1.165, 1.54) is 0 Å². The Labute approximate surface area is 204 Å². The summed E-state index contributed by atoms with van der Waals surface area (Å²) in [5.74, 6) is 0.363. The summed E-state index contributed by atoms with van der Waals surface area (Å²) in [7, 11) is -1.98. The summed E-state index contributed by atoms with van der Waals surface area (Å²) in [6.07, 6.45) is 5.01. The summed E-state index contributed by atoms with van der Waals surface area (Å²) in [5.41, 5.74) is 7.87. The van der Waals surface area contributed by atoms with E-state index in [0.717, 1.165) is 29.7 Å². The predicted octanol–water partition coefficient (Wildman–Crippen LogP) is 5.90. The van der Waals surface area contributed by atoms with Gasteiger partial charge in [0.15, 0.2) is 8.32 Å². The zero-order chi connectivity index (χ0) is 24.8. The summed E-state index contributed by atoms with van der Waals surface area (Å²) in [5, 5.41) is 0.101. The van der Waals surface area contributed by atoms with Crippen LogP contribution in [0.2, 0.25) is 18.1 Å². The third-order valence-corrected chi connectivity index (χ3v) is 11.0. The minimum Gasteiger partial charge on any atom is -0.493 e. The molecule has 0 fully saturated rings. The topological polar surface area (TPSA) is 79.4 Å². The third kappa shape index (κ3) is 6.81. The standard InChI is InChI=1S/C27H37N3O3Si/c1-27(2,3)34(4,5)33-22(18-30-19-24(26(28)31)29-20-30)14-11-17-32-25-16-10-9-15-23(25)21-12-7-6-8-13-21/h6-10,12-13,15-16,19-20,22H,11,14,17-18H2,1-5H3,(H2,28,31). The first-order chi connectivity index (χ1) is 16.1. The molecule has 0 aliphatic carbocycles. The summed E-state index contributed by atoms with van der Waals surface area (Å²) in [6, 6.07) is 18.4. The molecule has 0 aliphatic heterocycles. The molecule has 1 amide bonds. The lowest BCUT2D eigenvalue weighted by molar-refractivity contribution is 0.0995. The van der Waals surface area contributed by atoms with Crippen molar-refractivity contribution in [3.8, 4) is 16.9 Å². The lowest BCUT2D eigenvalue weighted by Crippen LogP contribution is -2.45. The van der Waals surface area contributed by atoms with Crippen molar-refractivity contribution in [1.29, 1.82) is 0 Å². The number of carbonyl (C=O) groups excluding carboxylic acids is 1. The first-order valence-corrected chi connectivity index (χ1v) is 14.7.